The lowest BCUT2D eigenvalue weighted by molar-refractivity contribution is 0.133. The zero-order valence-corrected chi connectivity index (χ0v) is 11.8. The third-order valence-electron chi connectivity index (χ3n) is 3.80. The lowest BCUT2D eigenvalue weighted by Gasteiger charge is -2.34. The second kappa shape index (κ2) is 5.16. The highest BCUT2D eigenvalue weighted by Crippen LogP contribution is 2.38. The van der Waals surface area contributed by atoms with Crippen LogP contribution in [0.4, 0.5) is 0 Å². The summed E-state index contributed by atoms with van der Waals surface area (Å²) in [6.45, 7) is 0. The van der Waals surface area contributed by atoms with Gasteiger partial charge in [-0.15, -0.1) is 0 Å². The second-order valence-electron chi connectivity index (χ2n) is 5.02. The predicted octanol–water partition coefficient (Wildman–Crippen LogP) is 4.24. The summed E-state index contributed by atoms with van der Waals surface area (Å²) in [4.78, 5) is 0. The Balaban J connectivity index is 1.75. The molecular weight excluding hydrogens is 279 g/mol. The molecule has 2 aromatic carbocycles. The van der Waals surface area contributed by atoms with Crippen LogP contribution >= 0.6 is 23.2 Å². The first-order valence-electron chi connectivity index (χ1n) is 6.35. The van der Waals surface area contributed by atoms with Crippen LogP contribution in [0.15, 0.2) is 42.5 Å². The largest absolute Gasteiger partial charge is 0.392 e. The zero-order valence-electron chi connectivity index (χ0n) is 10.3. The lowest BCUT2D eigenvalue weighted by atomic mass is 9.73. The molecule has 0 amide bonds. The van der Waals surface area contributed by atoms with Crippen molar-refractivity contribution in [2.75, 3.05) is 0 Å². The molecule has 1 aliphatic carbocycles. The average molecular weight is 293 g/mol. The van der Waals surface area contributed by atoms with Gasteiger partial charge >= 0.3 is 0 Å². The Bertz CT molecular complexity index is 609. The van der Waals surface area contributed by atoms with Gasteiger partial charge in [-0.25, -0.2) is 0 Å². The van der Waals surface area contributed by atoms with E-state index in [0.29, 0.717) is 16.5 Å². The van der Waals surface area contributed by atoms with Gasteiger partial charge in [-0.05, 0) is 35.2 Å². The van der Waals surface area contributed by atoms with Crippen LogP contribution < -0.4 is 0 Å². The first-order chi connectivity index (χ1) is 9.15. The van der Waals surface area contributed by atoms with Crippen molar-refractivity contribution in [2.24, 2.45) is 0 Å². The van der Waals surface area contributed by atoms with Gasteiger partial charge < -0.3 is 5.11 Å². The molecule has 1 N–H and O–H groups in total. The maximum atomic E-state index is 10.4. The van der Waals surface area contributed by atoms with Gasteiger partial charge in [0, 0.05) is 22.4 Å². The van der Waals surface area contributed by atoms with E-state index in [4.69, 9.17) is 23.2 Å². The number of aliphatic hydroxyl groups is 1. The van der Waals surface area contributed by atoms with E-state index in [1.807, 2.05) is 24.3 Å². The van der Waals surface area contributed by atoms with Crippen molar-refractivity contribution >= 4 is 23.2 Å². The van der Waals surface area contributed by atoms with Crippen molar-refractivity contribution in [1.82, 2.24) is 0 Å². The lowest BCUT2D eigenvalue weighted by Crippen LogP contribution is -2.30. The molecule has 2 unspecified atom stereocenters. The molecule has 0 aromatic heterocycles. The molecule has 0 bridgehead atoms. The van der Waals surface area contributed by atoms with Crippen molar-refractivity contribution in [3.63, 3.8) is 0 Å². The smallest absolute Gasteiger partial charge is 0.0652 e. The summed E-state index contributed by atoms with van der Waals surface area (Å²) < 4.78 is 0. The fourth-order valence-electron chi connectivity index (χ4n) is 2.70. The van der Waals surface area contributed by atoms with E-state index in [1.54, 1.807) is 6.07 Å². The minimum Gasteiger partial charge on any atom is -0.392 e. The summed E-state index contributed by atoms with van der Waals surface area (Å²) in [6.07, 6.45) is 1.12. The molecule has 98 valence electrons. The maximum Gasteiger partial charge on any atom is 0.0652 e. The van der Waals surface area contributed by atoms with Gasteiger partial charge in [0.2, 0.25) is 0 Å². The van der Waals surface area contributed by atoms with Gasteiger partial charge in [-0.2, -0.15) is 0 Å². The predicted molar refractivity (Wildman–Crippen MR) is 79.1 cm³/mol. The van der Waals surface area contributed by atoms with Crippen molar-refractivity contribution in [2.45, 2.75) is 24.9 Å². The van der Waals surface area contributed by atoms with E-state index in [-0.39, 0.29) is 5.92 Å². The molecule has 2 atom stereocenters. The molecule has 0 fully saturated rings. The number of halogens is 2. The summed E-state index contributed by atoms with van der Waals surface area (Å²) >= 11 is 12.0. The number of benzene rings is 2. The van der Waals surface area contributed by atoms with Crippen molar-refractivity contribution in [1.29, 1.82) is 0 Å². The van der Waals surface area contributed by atoms with Crippen LogP contribution in [0, 0.1) is 0 Å². The number of fused-ring (bicyclic) bond motifs is 1. The molecule has 19 heavy (non-hydrogen) atoms. The minimum absolute atomic E-state index is 0.225. The molecule has 2 aromatic rings. The third kappa shape index (κ3) is 2.51. The Morgan fingerprint density at radius 3 is 2.68 bits per heavy atom. The fourth-order valence-corrected chi connectivity index (χ4v) is 3.18. The SMILES string of the molecule is OC(Cc1ccc(Cl)cc1Cl)C1Cc2ccccc21. The molecule has 0 spiro atoms. The van der Waals surface area contributed by atoms with E-state index < -0.39 is 6.10 Å². The number of hydrogen-bond acceptors (Lipinski definition) is 1. The molecule has 0 saturated heterocycles. The maximum absolute atomic E-state index is 10.4. The summed E-state index contributed by atoms with van der Waals surface area (Å²) in [5.74, 6) is 0.225. The quantitative estimate of drug-likeness (QED) is 0.897. The van der Waals surface area contributed by atoms with Crippen LogP contribution in [0.2, 0.25) is 10.0 Å². The monoisotopic (exact) mass is 292 g/mol. The van der Waals surface area contributed by atoms with Crippen LogP contribution in [0.3, 0.4) is 0 Å². The standard InChI is InChI=1S/C16H14Cl2O/c17-12-6-5-11(15(18)9-12)8-16(19)14-7-10-3-1-2-4-13(10)14/h1-6,9,14,16,19H,7-8H2. The summed E-state index contributed by atoms with van der Waals surface area (Å²) in [5.41, 5.74) is 3.55. The highest BCUT2D eigenvalue weighted by Gasteiger charge is 2.31. The topological polar surface area (TPSA) is 20.2 Å². The van der Waals surface area contributed by atoms with Gasteiger partial charge in [-0.1, -0.05) is 53.5 Å². The molecule has 3 rings (SSSR count). The highest BCUT2D eigenvalue weighted by molar-refractivity contribution is 6.35. The Morgan fingerprint density at radius 2 is 1.95 bits per heavy atom. The van der Waals surface area contributed by atoms with E-state index in [1.165, 1.54) is 11.1 Å². The van der Waals surface area contributed by atoms with Gasteiger partial charge in [0.05, 0.1) is 6.10 Å². The normalized spacial score (nSPS) is 18.6. The first-order valence-corrected chi connectivity index (χ1v) is 7.10. The Hall–Kier alpha value is -1.02. The summed E-state index contributed by atoms with van der Waals surface area (Å²) in [5, 5.41) is 11.6. The summed E-state index contributed by atoms with van der Waals surface area (Å²) in [6, 6.07) is 13.7. The molecule has 0 aliphatic heterocycles. The van der Waals surface area contributed by atoms with Crippen molar-refractivity contribution in [3.05, 3.63) is 69.2 Å². The zero-order chi connectivity index (χ0) is 13.4. The van der Waals surface area contributed by atoms with Crippen LogP contribution in [0.5, 0.6) is 0 Å². The minimum atomic E-state index is -0.395. The van der Waals surface area contributed by atoms with Gasteiger partial charge in [0.25, 0.3) is 0 Å². The Kier molecular flexibility index (Phi) is 3.53. The Labute approximate surface area is 122 Å². The van der Waals surface area contributed by atoms with Crippen LogP contribution in [-0.2, 0) is 12.8 Å². The highest BCUT2D eigenvalue weighted by atomic mass is 35.5. The van der Waals surface area contributed by atoms with Gasteiger partial charge in [0.15, 0.2) is 0 Å². The molecule has 0 radical (unpaired) electrons. The molecule has 0 heterocycles. The first kappa shape index (κ1) is 13.0. The van der Waals surface area contributed by atoms with Crippen LogP contribution in [-0.4, -0.2) is 11.2 Å². The number of hydrogen-bond donors (Lipinski definition) is 1. The fraction of sp³-hybridized carbons (Fsp3) is 0.250. The van der Waals surface area contributed by atoms with Crippen LogP contribution in [0.25, 0.3) is 0 Å². The Morgan fingerprint density at radius 1 is 1.16 bits per heavy atom. The number of aliphatic hydroxyl groups excluding tert-OH is 1. The summed E-state index contributed by atoms with van der Waals surface area (Å²) in [7, 11) is 0. The van der Waals surface area contributed by atoms with E-state index in [9.17, 15) is 5.11 Å². The third-order valence-corrected chi connectivity index (χ3v) is 4.39. The second-order valence-corrected chi connectivity index (χ2v) is 5.86. The molecule has 1 nitrogen and oxygen atoms in total. The van der Waals surface area contributed by atoms with E-state index >= 15 is 0 Å². The number of rotatable bonds is 3. The van der Waals surface area contributed by atoms with Crippen molar-refractivity contribution in [3.8, 4) is 0 Å². The molecule has 3 heteroatoms. The molecule has 0 saturated carbocycles. The van der Waals surface area contributed by atoms with Crippen molar-refractivity contribution < 1.29 is 5.11 Å². The average Bonchev–Trinajstić information content (AvgIpc) is 2.34. The van der Waals surface area contributed by atoms with E-state index in [2.05, 4.69) is 12.1 Å². The van der Waals surface area contributed by atoms with E-state index in [0.717, 1.165) is 12.0 Å². The van der Waals surface area contributed by atoms with Gasteiger partial charge in [-0.3, -0.25) is 0 Å². The molecule has 1 aliphatic rings. The molecular formula is C16H14Cl2O. The van der Waals surface area contributed by atoms with Gasteiger partial charge in [0.1, 0.15) is 0 Å². The van der Waals surface area contributed by atoms with Crippen LogP contribution in [0.1, 0.15) is 22.6 Å².